The number of rotatable bonds is 6. The summed E-state index contributed by atoms with van der Waals surface area (Å²) in [6.45, 7) is 0. The van der Waals surface area contributed by atoms with Gasteiger partial charge in [-0.3, -0.25) is 4.79 Å². The second-order valence-corrected chi connectivity index (χ2v) is 5.30. The molecule has 0 saturated heterocycles. The van der Waals surface area contributed by atoms with Crippen molar-refractivity contribution < 1.29 is 9.53 Å². The van der Waals surface area contributed by atoms with Crippen molar-refractivity contribution in [3.8, 4) is 5.75 Å². The summed E-state index contributed by atoms with van der Waals surface area (Å²) in [5.74, 6) is 0.715. The van der Waals surface area contributed by atoms with Gasteiger partial charge in [0.1, 0.15) is 5.75 Å². The Bertz CT molecular complexity index is 695. The molecule has 23 heavy (non-hydrogen) atoms. The van der Waals surface area contributed by atoms with Crippen LogP contribution in [-0.4, -0.2) is 27.0 Å². The Kier molecular flexibility index (Phi) is 5.75. The highest BCUT2D eigenvalue weighted by Crippen LogP contribution is 2.14. The predicted octanol–water partition coefficient (Wildman–Crippen LogP) is 4.21. The zero-order chi connectivity index (χ0) is 16.7. The summed E-state index contributed by atoms with van der Waals surface area (Å²) in [4.78, 5) is 14.1. The van der Waals surface area contributed by atoms with E-state index in [1.54, 1.807) is 43.5 Å². The normalized spacial score (nSPS) is 11.1. The van der Waals surface area contributed by atoms with E-state index in [1.165, 1.54) is 0 Å². The van der Waals surface area contributed by atoms with E-state index in [1.807, 2.05) is 38.4 Å². The Morgan fingerprint density at radius 1 is 0.957 bits per heavy atom. The van der Waals surface area contributed by atoms with Crippen LogP contribution >= 0.6 is 0 Å². The van der Waals surface area contributed by atoms with Crippen LogP contribution in [0.25, 0.3) is 6.08 Å². The minimum absolute atomic E-state index is 0.0275. The third kappa shape index (κ3) is 4.85. The Morgan fingerprint density at radius 3 is 2.17 bits per heavy atom. The molecule has 3 heteroatoms. The monoisotopic (exact) mass is 307 g/mol. The van der Waals surface area contributed by atoms with E-state index in [2.05, 4.69) is 17.0 Å². The van der Waals surface area contributed by atoms with Gasteiger partial charge in [-0.1, -0.05) is 30.4 Å². The molecule has 0 N–H and O–H groups in total. The number of methoxy groups -OCH3 is 1. The second kappa shape index (κ2) is 7.99. The van der Waals surface area contributed by atoms with Crippen LogP contribution in [0.15, 0.2) is 66.8 Å². The standard InChI is InChI=1S/C20H21NO2/c1-21(2)18-12-8-16(9-13-18)6-4-5-7-20(22)17-10-14-19(23-3)15-11-17/h4-15H,1-3H3/b6-4+,7-5+. The molecule has 0 aliphatic carbocycles. The molecule has 0 bridgehead atoms. The molecule has 0 aliphatic rings. The van der Waals surface area contributed by atoms with Crippen LogP contribution in [0.3, 0.4) is 0 Å². The van der Waals surface area contributed by atoms with Crippen LogP contribution in [-0.2, 0) is 0 Å². The number of hydrogen-bond acceptors (Lipinski definition) is 3. The van der Waals surface area contributed by atoms with Crippen molar-refractivity contribution in [2.24, 2.45) is 0 Å². The highest BCUT2D eigenvalue weighted by molar-refractivity contribution is 6.04. The van der Waals surface area contributed by atoms with Crippen molar-refractivity contribution in [2.75, 3.05) is 26.1 Å². The first kappa shape index (κ1) is 16.6. The topological polar surface area (TPSA) is 29.5 Å². The molecule has 0 spiro atoms. The summed E-state index contributed by atoms with van der Waals surface area (Å²) in [5, 5.41) is 0. The minimum atomic E-state index is -0.0275. The van der Waals surface area contributed by atoms with Crippen molar-refractivity contribution in [3.63, 3.8) is 0 Å². The lowest BCUT2D eigenvalue weighted by atomic mass is 10.1. The van der Waals surface area contributed by atoms with Gasteiger partial charge < -0.3 is 9.64 Å². The number of hydrogen-bond donors (Lipinski definition) is 0. The summed E-state index contributed by atoms with van der Waals surface area (Å²) >= 11 is 0. The predicted molar refractivity (Wildman–Crippen MR) is 96.3 cm³/mol. The van der Waals surface area contributed by atoms with E-state index in [0.29, 0.717) is 5.56 Å². The van der Waals surface area contributed by atoms with E-state index in [-0.39, 0.29) is 5.78 Å². The number of anilines is 1. The number of ketones is 1. The van der Waals surface area contributed by atoms with Crippen molar-refractivity contribution in [3.05, 3.63) is 77.9 Å². The maximum Gasteiger partial charge on any atom is 0.185 e. The quantitative estimate of drug-likeness (QED) is 0.455. The van der Waals surface area contributed by atoms with E-state index in [0.717, 1.165) is 17.0 Å². The van der Waals surface area contributed by atoms with E-state index >= 15 is 0 Å². The van der Waals surface area contributed by atoms with E-state index < -0.39 is 0 Å². The van der Waals surface area contributed by atoms with Crippen LogP contribution in [0.2, 0.25) is 0 Å². The molecule has 0 amide bonds. The lowest BCUT2D eigenvalue weighted by molar-refractivity contribution is 0.104. The molecule has 0 atom stereocenters. The molecule has 2 rings (SSSR count). The number of ether oxygens (including phenoxy) is 1. The molecule has 2 aromatic carbocycles. The van der Waals surface area contributed by atoms with Crippen LogP contribution in [0.4, 0.5) is 5.69 Å². The molecule has 2 aromatic rings. The summed E-state index contributed by atoms with van der Waals surface area (Å²) in [7, 11) is 5.63. The van der Waals surface area contributed by atoms with Gasteiger partial charge in [0.15, 0.2) is 5.78 Å². The molecular weight excluding hydrogens is 286 g/mol. The number of carbonyl (C=O) groups excluding carboxylic acids is 1. The fourth-order valence-electron chi connectivity index (χ4n) is 2.04. The first-order valence-electron chi connectivity index (χ1n) is 7.40. The molecular formula is C20H21NO2. The Labute approximate surface area is 137 Å². The SMILES string of the molecule is COc1ccc(C(=O)/C=C/C=C/c2ccc(N(C)C)cc2)cc1. The minimum Gasteiger partial charge on any atom is -0.497 e. The fourth-order valence-corrected chi connectivity index (χ4v) is 2.04. The van der Waals surface area contributed by atoms with Crippen LogP contribution < -0.4 is 9.64 Å². The van der Waals surface area contributed by atoms with Gasteiger partial charge in [0.2, 0.25) is 0 Å². The van der Waals surface area contributed by atoms with Gasteiger partial charge >= 0.3 is 0 Å². The zero-order valence-electron chi connectivity index (χ0n) is 13.7. The van der Waals surface area contributed by atoms with E-state index in [4.69, 9.17) is 4.74 Å². The molecule has 0 aliphatic heterocycles. The van der Waals surface area contributed by atoms with Crippen molar-refractivity contribution in [1.82, 2.24) is 0 Å². The van der Waals surface area contributed by atoms with Crippen LogP contribution in [0.5, 0.6) is 5.75 Å². The molecule has 0 saturated carbocycles. The second-order valence-electron chi connectivity index (χ2n) is 5.30. The first-order chi connectivity index (χ1) is 11.1. The third-order valence-corrected chi connectivity index (χ3v) is 3.43. The number of benzene rings is 2. The number of allylic oxidation sites excluding steroid dienone is 3. The van der Waals surface area contributed by atoms with Gasteiger partial charge in [-0.2, -0.15) is 0 Å². The summed E-state index contributed by atoms with van der Waals surface area (Å²) < 4.78 is 5.08. The summed E-state index contributed by atoms with van der Waals surface area (Å²) in [6, 6.07) is 15.3. The Hall–Kier alpha value is -2.81. The highest BCUT2D eigenvalue weighted by Gasteiger charge is 2.00. The summed E-state index contributed by atoms with van der Waals surface area (Å²) in [6.07, 6.45) is 7.16. The van der Waals surface area contributed by atoms with Gasteiger partial charge in [-0.15, -0.1) is 0 Å². The van der Waals surface area contributed by atoms with Crippen molar-refractivity contribution in [2.45, 2.75) is 0 Å². The molecule has 3 nitrogen and oxygen atoms in total. The van der Waals surface area contributed by atoms with Crippen LogP contribution in [0, 0.1) is 0 Å². The fraction of sp³-hybridized carbons (Fsp3) is 0.150. The Balaban J connectivity index is 1.95. The average molecular weight is 307 g/mol. The number of nitrogens with zero attached hydrogens (tertiary/aromatic N) is 1. The van der Waals surface area contributed by atoms with E-state index in [9.17, 15) is 4.79 Å². The van der Waals surface area contributed by atoms with Gasteiger partial charge in [-0.05, 0) is 48.0 Å². The molecule has 0 fully saturated rings. The smallest absolute Gasteiger partial charge is 0.185 e. The lowest BCUT2D eigenvalue weighted by Gasteiger charge is -2.11. The van der Waals surface area contributed by atoms with Crippen LogP contribution in [0.1, 0.15) is 15.9 Å². The van der Waals surface area contributed by atoms with Crippen molar-refractivity contribution in [1.29, 1.82) is 0 Å². The molecule has 0 aromatic heterocycles. The van der Waals surface area contributed by atoms with Gasteiger partial charge in [0.05, 0.1) is 7.11 Å². The summed E-state index contributed by atoms with van der Waals surface area (Å²) in [5.41, 5.74) is 2.90. The van der Waals surface area contributed by atoms with Gasteiger partial charge in [0.25, 0.3) is 0 Å². The zero-order valence-corrected chi connectivity index (χ0v) is 13.7. The molecule has 0 heterocycles. The molecule has 118 valence electrons. The molecule has 0 unspecified atom stereocenters. The number of carbonyl (C=O) groups is 1. The Morgan fingerprint density at radius 2 is 1.61 bits per heavy atom. The largest absolute Gasteiger partial charge is 0.497 e. The average Bonchev–Trinajstić information content (AvgIpc) is 2.59. The maximum atomic E-state index is 12.0. The lowest BCUT2D eigenvalue weighted by Crippen LogP contribution is -2.07. The van der Waals surface area contributed by atoms with Crippen molar-refractivity contribution >= 4 is 17.5 Å². The van der Waals surface area contributed by atoms with Gasteiger partial charge in [-0.25, -0.2) is 0 Å². The molecule has 0 radical (unpaired) electrons. The first-order valence-corrected chi connectivity index (χ1v) is 7.40. The maximum absolute atomic E-state index is 12.0. The van der Waals surface area contributed by atoms with Gasteiger partial charge in [0, 0.05) is 25.3 Å². The third-order valence-electron chi connectivity index (χ3n) is 3.43. The highest BCUT2D eigenvalue weighted by atomic mass is 16.5.